The average molecular weight is 317 g/mol. The number of nitrogens with zero attached hydrogens (tertiary/aromatic N) is 1. The average Bonchev–Trinajstić information content (AvgIpc) is 2.38. The molecule has 4 nitrogen and oxygen atoms in total. The van der Waals surface area contributed by atoms with Gasteiger partial charge < -0.3 is 5.32 Å². The first-order chi connectivity index (χ1) is 9.38. The summed E-state index contributed by atoms with van der Waals surface area (Å²) in [6, 6.07) is 8.10. The van der Waals surface area contributed by atoms with Crippen LogP contribution in [0.4, 0.5) is 0 Å². The molecule has 2 rings (SSSR count). The minimum Gasteiger partial charge on any atom is -0.310 e. The van der Waals surface area contributed by atoms with Gasteiger partial charge in [0.05, 0.1) is 6.26 Å². The Labute approximate surface area is 126 Å². The lowest BCUT2D eigenvalue weighted by Crippen LogP contribution is -2.49. The maximum atomic E-state index is 11.6. The van der Waals surface area contributed by atoms with E-state index in [1.165, 1.54) is 6.26 Å². The summed E-state index contributed by atoms with van der Waals surface area (Å²) < 4.78 is 24.7. The Morgan fingerprint density at radius 3 is 2.70 bits per heavy atom. The Hall–Kier alpha value is -0.620. The fourth-order valence-electron chi connectivity index (χ4n) is 2.59. The van der Waals surface area contributed by atoms with E-state index in [1.54, 1.807) is 4.31 Å². The minimum atomic E-state index is -3.07. The zero-order chi connectivity index (χ0) is 14.8. The van der Waals surface area contributed by atoms with E-state index in [4.69, 9.17) is 11.6 Å². The molecule has 1 N–H and O–H groups in total. The highest BCUT2D eigenvalue weighted by molar-refractivity contribution is 7.88. The molecule has 2 atom stereocenters. The summed E-state index contributed by atoms with van der Waals surface area (Å²) in [5.74, 6) is 0.293. The predicted molar refractivity (Wildman–Crippen MR) is 82.3 cm³/mol. The SMILES string of the molecule is C[C@H]1CN(S(C)(=O)=O)CC[C@H]1NCc1ccccc1Cl. The molecule has 1 aliphatic heterocycles. The lowest BCUT2D eigenvalue weighted by molar-refractivity contribution is 0.220. The van der Waals surface area contributed by atoms with Gasteiger partial charge in [0.1, 0.15) is 0 Å². The van der Waals surface area contributed by atoms with Crippen LogP contribution in [0.1, 0.15) is 18.9 Å². The number of rotatable bonds is 4. The molecule has 1 heterocycles. The van der Waals surface area contributed by atoms with Crippen molar-refractivity contribution < 1.29 is 8.42 Å². The van der Waals surface area contributed by atoms with E-state index in [-0.39, 0.29) is 0 Å². The molecule has 0 bridgehead atoms. The van der Waals surface area contributed by atoms with Crippen molar-refractivity contribution in [3.63, 3.8) is 0 Å². The second-order valence-corrected chi connectivity index (χ2v) is 7.86. The molecule has 0 aromatic heterocycles. The van der Waals surface area contributed by atoms with Crippen LogP contribution in [-0.4, -0.2) is 38.1 Å². The summed E-state index contributed by atoms with van der Waals surface area (Å²) in [5, 5.41) is 4.26. The lowest BCUT2D eigenvalue weighted by Gasteiger charge is -2.36. The van der Waals surface area contributed by atoms with Crippen molar-refractivity contribution in [3.8, 4) is 0 Å². The smallest absolute Gasteiger partial charge is 0.211 e. The minimum absolute atomic E-state index is 0.293. The van der Waals surface area contributed by atoms with Gasteiger partial charge in [0, 0.05) is 30.7 Å². The van der Waals surface area contributed by atoms with Crippen LogP contribution >= 0.6 is 11.6 Å². The third-order valence-electron chi connectivity index (χ3n) is 3.85. The fraction of sp³-hybridized carbons (Fsp3) is 0.571. The Bertz CT molecular complexity index is 562. The highest BCUT2D eigenvalue weighted by Crippen LogP contribution is 2.20. The second-order valence-electron chi connectivity index (χ2n) is 5.47. The van der Waals surface area contributed by atoms with Gasteiger partial charge in [-0.3, -0.25) is 0 Å². The van der Waals surface area contributed by atoms with Crippen molar-refractivity contribution >= 4 is 21.6 Å². The molecule has 0 aliphatic carbocycles. The number of nitrogens with one attached hydrogen (secondary N) is 1. The molecule has 0 radical (unpaired) electrons. The quantitative estimate of drug-likeness (QED) is 0.925. The van der Waals surface area contributed by atoms with E-state index in [0.29, 0.717) is 31.6 Å². The molecule has 6 heteroatoms. The topological polar surface area (TPSA) is 49.4 Å². The van der Waals surface area contributed by atoms with E-state index in [9.17, 15) is 8.42 Å². The van der Waals surface area contributed by atoms with Crippen LogP contribution in [-0.2, 0) is 16.6 Å². The van der Waals surface area contributed by atoms with Crippen molar-refractivity contribution in [3.05, 3.63) is 34.9 Å². The molecular formula is C14H21ClN2O2S. The fourth-order valence-corrected chi connectivity index (χ4v) is 3.74. The number of benzene rings is 1. The second kappa shape index (κ2) is 6.43. The van der Waals surface area contributed by atoms with Gasteiger partial charge in [0.25, 0.3) is 0 Å². The summed E-state index contributed by atoms with van der Waals surface area (Å²) in [6.45, 7) is 3.97. The summed E-state index contributed by atoms with van der Waals surface area (Å²) in [7, 11) is -3.07. The number of hydrogen-bond acceptors (Lipinski definition) is 3. The molecule has 112 valence electrons. The van der Waals surface area contributed by atoms with Gasteiger partial charge in [0.2, 0.25) is 10.0 Å². The molecule has 0 amide bonds. The van der Waals surface area contributed by atoms with Crippen LogP contribution in [0.2, 0.25) is 5.02 Å². The molecular weight excluding hydrogens is 296 g/mol. The standard InChI is InChI=1S/C14H21ClN2O2S/c1-11-10-17(20(2,18)19)8-7-14(11)16-9-12-5-3-4-6-13(12)15/h3-6,11,14,16H,7-10H2,1-2H3/t11-,14+/m0/s1. The summed E-state index contributed by atoms with van der Waals surface area (Å²) >= 11 is 6.13. The van der Waals surface area contributed by atoms with E-state index < -0.39 is 10.0 Å². The van der Waals surface area contributed by atoms with Gasteiger partial charge in [-0.25, -0.2) is 12.7 Å². The molecule has 20 heavy (non-hydrogen) atoms. The van der Waals surface area contributed by atoms with Crippen LogP contribution in [0, 0.1) is 5.92 Å². The lowest BCUT2D eigenvalue weighted by atomic mass is 9.95. The molecule has 0 unspecified atom stereocenters. The van der Waals surface area contributed by atoms with Crippen molar-refractivity contribution in [2.45, 2.75) is 25.9 Å². The Balaban J connectivity index is 1.91. The predicted octanol–water partition coefficient (Wildman–Crippen LogP) is 2.10. The molecule has 1 aliphatic rings. The van der Waals surface area contributed by atoms with Gasteiger partial charge in [0.15, 0.2) is 0 Å². The van der Waals surface area contributed by atoms with Crippen molar-refractivity contribution in [1.82, 2.24) is 9.62 Å². The maximum absolute atomic E-state index is 11.6. The first-order valence-corrected chi connectivity index (χ1v) is 9.02. The van der Waals surface area contributed by atoms with E-state index in [1.807, 2.05) is 24.3 Å². The van der Waals surface area contributed by atoms with Crippen molar-refractivity contribution in [2.24, 2.45) is 5.92 Å². The van der Waals surface area contributed by atoms with Crippen LogP contribution in [0.25, 0.3) is 0 Å². The van der Waals surface area contributed by atoms with Gasteiger partial charge in [-0.15, -0.1) is 0 Å². The third kappa shape index (κ3) is 3.95. The highest BCUT2D eigenvalue weighted by atomic mass is 35.5. The van der Waals surface area contributed by atoms with Gasteiger partial charge >= 0.3 is 0 Å². The molecule has 1 aromatic carbocycles. The Kier molecular flexibility index (Phi) is 5.07. The molecule has 0 saturated carbocycles. The number of hydrogen-bond donors (Lipinski definition) is 1. The first kappa shape index (κ1) is 15.8. The Morgan fingerprint density at radius 2 is 2.10 bits per heavy atom. The molecule has 0 spiro atoms. The summed E-state index contributed by atoms with van der Waals surface area (Å²) in [6.07, 6.45) is 2.11. The van der Waals surface area contributed by atoms with Crippen LogP contribution in [0.5, 0.6) is 0 Å². The normalized spacial score (nSPS) is 24.8. The zero-order valence-corrected chi connectivity index (χ0v) is 13.4. The van der Waals surface area contributed by atoms with Crippen molar-refractivity contribution in [2.75, 3.05) is 19.3 Å². The maximum Gasteiger partial charge on any atom is 0.211 e. The number of sulfonamides is 1. The van der Waals surface area contributed by atoms with Gasteiger partial charge in [-0.05, 0) is 24.0 Å². The Morgan fingerprint density at radius 1 is 1.40 bits per heavy atom. The van der Waals surface area contributed by atoms with Crippen molar-refractivity contribution in [1.29, 1.82) is 0 Å². The van der Waals surface area contributed by atoms with Crippen LogP contribution < -0.4 is 5.32 Å². The molecule has 1 fully saturated rings. The van der Waals surface area contributed by atoms with E-state index in [2.05, 4.69) is 12.2 Å². The summed E-state index contributed by atoms with van der Waals surface area (Å²) in [5.41, 5.74) is 1.08. The molecule has 1 saturated heterocycles. The number of piperidine rings is 1. The highest BCUT2D eigenvalue weighted by Gasteiger charge is 2.30. The first-order valence-electron chi connectivity index (χ1n) is 6.80. The largest absolute Gasteiger partial charge is 0.310 e. The van der Waals surface area contributed by atoms with Gasteiger partial charge in [-0.1, -0.05) is 36.7 Å². The van der Waals surface area contributed by atoms with Crippen LogP contribution in [0.15, 0.2) is 24.3 Å². The zero-order valence-electron chi connectivity index (χ0n) is 11.8. The van der Waals surface area contributed by atoms with Crippen LogP contribution in [0.3, 0.4) is 0 Å². The monoisotopic (exact) mass is 316 g/mol. The summed E-state index contributed by atoms with van der Waals surface area (Å²) in [4.78, 5) is 0. The molecule has 1 aromatic rings. The number of halogens is 1. The van der Waals surface area contributed by atoms with Gasteiger partial charge in [-0.2, -0.15) is 0 Å². The van der Waals surface area contributed by atoms with E-state index in [0.717, 1.165) is 17.0 Å². The van der Waals surface area contributed by atoms with E-state index >= 15 is 0 Å². The third-order valence-corrected chi connectivity index (χ3v) is 5.49.